The van der Waals surface area contributed by atoms with Gasteiger partial charge in [-0.2, -0.15) is 0 Å². The minimum atomic E-state index is -0.000802. The smallest absolute Gasteiger partial charge is 0.226 e. The molecule has 2 N–H and O–H groups in total. The largest absolute Gasteiger partial charge is 0.384 e. The van der Waals surface area contributed by atoms with Gasteiger partial charge in [-0.15, -0.1) is 0 Å². The zero-order chi connectivity index (χ0) is 16.1. The van der Waals surface area contributed by atoms with Crippen LogP contribution in [0.1, 0.15) is 23.1 Å². The zero-order valence-electron chi connectivity index (χ0n) is 13.2. The summed E-state index contributed by atoms with van der Waals surface area (Å²) in [5.41, 5.74) is 5.10. The van der Waals surface area contributed by atoms with E-state index >= 15 is 0 Å². The van der Waals surface area contributed by atoms with Crippen LogP contribution in [0.3, 0.4) is 0 Å². The monoisotopic (exact) mass is 316 g/mol. The fraction of sp³-hybridized carbons (Fsp3) is 0.278. The SMILES string of the molecule is Cc1ccc(NC(=O)CCNc2cccc(Cl)c2C)c(C)c1. The molecule has 4 heteroatoms. The minimum Gasteiger partial charge on any atom is -0.384 e. The molecule has 0 aromatic heterocycles. The lowest BCUT2D eigenvalue weighted by Gasteiger charge is -2.12. The quantitative estimate of drug-likeness (QED) is 0.839. The Morgan fingerprint density at radius 1 is 1.09 bits per heavy atom. The molecule has 2 aromatic carbocycles. The van der Waals surface area contributed by atoms with E-state index in [4.69, 9.17) is 11.6 Å². The lowest BCUT2D eigenvalue weighted by atomic mass is 10.1. The average molecular weight is 317 g/mol. The van der Waals surface area contributed by atoms with Crippen molar-refractivity contribution in [3.05, 3.63) is 58.1 Å². The molecule has 0 saturated heterocycles. The van der Waals surface area contributed by atoms with E-state index in [1.165, 1.54) is 5.56 Å². The second-order valence-corrected chi connectivity index (χ2v) is 5.86. The van der Waals surface area contributed by atoms with E-state index in [2.05, 4.69) is 16.7 Å². The summed E-state index contributed by atoms with van der Waals surface area (Å²) in [6, 6.07) is 11.7. The molecule has 0 bridgehead atoms. The van der Waals surface area contributed by atoms with Crippen LogP contribution in [0.25, 0.3) is 0 Å². The van der Waals surface area contributed by atoms with Crippen LogP contribution in [0.2, 0.25) is 5.02 Å². The van der Waals surface area contributed by atoms with Crippen molar-refractivity contribution in [1.82, 2.24) is 0 Å². The van der Waals surface area contributed by atoms with Gasteiger partial charge in [-0.05, 0) is 50.1 Å². The Morgan fingerprint density at radius 3 is 2.59 bits per heavy atom. The van der Waals surface area contributed by atoms with E-state index in [0.29, 0.717) is 13.0 Å². The van der Waals surface area contributed by atoms with E-state index in [-0.39, 0.29) is 5.91 Å². The van der Waals surface area contributed by atoms with Crippen molar-refractivity contribution in [2.75, 3.05) is 17.2 Å². The van der Waals surface area contributed by atoms with Gasteiger partial charge in [0.05, 0.1) is 0 Å². The standard InChI is InChI=1S/C18H21ClN2O/c1-12-7-8-16(13(2)11-12)21-18(22)9-10-20-17-6-4-5-15(19)14(17)3/h4-8,11,20H,9-10H2,1-3H3,(H,21,22). The lowest BCUT2D eigenvalue weighted by Crippen LogP contribution is -2.17. The van der Waals surface area contributed by atoms with Gasteiger partial charge in [0, 0.05) is 29.4 Å². The first-order valence-electron chi connectivity index (χ1n) is 7.33. The van der Waals surface area contributed by atoms with Crippen molar-refractivity contribution < 1.29 is 4.79 Å². The van der Waals surface area contributed by atoms with Crippen LogP contribution in [0.4, 0.5) is 11.4 Å². The topological polar surface area (TPSA) is 41.1 Å². The molecule has 1 amide bonds. The van der Waals surface area contributed by atoms with Gasteiger partial charge in [0.25, 0.3) is 0 Å². The summed E-state index contributed by atoms with van der Waals surface area (Å²) in [6.07, 6.45) is 0.402. The van der Waals surface area contributed by atoms with E-state index in [9.17, 15) is 4.79 Å². The van der Waals surface area contributed by atoms with Crippen LogP contribution < -0.4 is 10.6 Å². The Bertz CT molecular complexity index is 683. The molecule has 2 rings (SSSR count). The molecule has 0 aliphatic heterocycles. The Kier molecular flexibility index (Phi) is 5.45. The van der Waals surface area contributed by atoms with Crippen molar-refractivity contribution in [2.45, 2.75) is 27.2 Å². The van der Waals surface area contributed by atoms with E-state index in [0.717, 1.165) is 27.5 Å². The minimum absolute atomic E-state index is 0.000802. The number of anilines is 2. The maximum Gasteiger partial charge on any atom is 0.226 e. The molecule has 22 heavy (non-hydrogen) atoms. The Hall–Kier alpha value is -2.00. The van der Waals surface area contributed by atoms with Crippen LogP contribution in [0, 0.1) is 20.8 Å². The molecule has 0 heterocycles. The number of rotatable bonds is 5. The Balaban J connectivity index is 1.87. The first kappa shape index (κ1) is 16.4. The number of aryl methyl sites for hydroxylation is 2. The molecule has 2 aromatic rings. The lowest BCUT2D eigenvalue weighted by molar-refractivity contribution is -0.115. The highest BCUT2D eigenvalue weighted by Crippen LogP contribution is 2.22. The third kappa shape index (κ3) is 4.25. The highest BCUT2D eigenvalue weighted by atomic mass is 35.5. The van der Waals surface area contributed by atoms with Crippen molar-refractivity contribution in [2.24, 2.45) is 0 Å². The molecular formula is C18H21ClN2O. The first-order chi connectivity index (χ1) is 10.5. The molecule has 116 valence electrons. The summed E-state index contributed by atoms with van der Waals surface area (Å²) in [4.78, 5) is 12.0. The maximum atomic E-state index is 12.0. The predicted molar refractivity (Wildman–Crippen MR) is 93.8 cm³/mol. The van der Waals surface area contributed by atoms with Crippen LogP contribution in [-0.2, 0) is 4.79 Å². The fourth-order valence-corrected chi connectivity index (χ4v) is 2.45. The summed E-state index contributed by atoms with van der Waals surface area (Å²) in [6.45, 7) is 6.56. The Labute approximate surface area is 136 Å². The van der Waals surface area contributed by atoms with Crippen molar-refractivity contribution in [3.63, 3.8) is 0 Å². The maximum absolute atomic E-state index is 12.0. The number of hydrogen-bond acceptors (Lipinski definition) is 2. The number of carbonyl (C=O) groups is 1. The van der Waals surface area contributed by atoms with Gasteiger partial charge in [0.2, 0.25) is 5.91 Å². The second-order valence-electron chi connectivity index (χ2n) is 5.46. The molecule has 0 unspecified atom stereocenters. The molecule has 0 fully saturated rings. The van der Waals surface area contributed by atoms with Gasteiger partial charge in [-0.1, -0.05) is 35.4 Å². The number of amides is 1. The third-order valence-electron chi connectivity index (χ3n) is 3.59. The molecule has 3 nitrogen and oxygen atoms in total. The molecule has 0 saturated carbocycles. The molecule has 0 atom stereocenters. The number of carbonyl (C=O) groups excluding carboxylic acids is 1. The van der Waals surface area contributed by atoms with E-state index in [1.54, 1.807) is 0 Å². The summed E-state index contributed by atoms with van der Waals surface area (Å²) >= 11 is 6.07. The van der Waals surface area contributed by atoms with E-state index in [1.807, 2.05) is 51.1 Å². The molecular weight excluding hydrogens is 296 g/mol. The number of benzene rings is 2. The van der Waals surface area contributed by atoms with Gasteiger partial charge in [-0.25, -0.2) is 0 Å². The van der Waals surface area contributed by atoms with Crippen LogP contribution in [-0.4, -0.2) is 12.5 Å². The zero-order valence-corrected chi connectivity index (χ0v) is 13.9. The highest BCUT2D eigenvalue weighted by Gasteiger charge is 2.06. The number of halogens is 1. The van der Waals surface area contributed by atoms with Gasteiger partial charge < -0.3 is 10.6 Å². The van der Waals surface area contributed by atoms with Gasteiger partial charge in [0.1, 0.15) is 0 Å². The molecule has 0 aliphatic carbocycles. The number of hydrogen-bond donors (Lipinski definition) is 2. The summed E-state index contributed by atoms with van der Waals surface area (Å²) < 4.78 is 0. The predicted octanol–water partition coefficient (Wildman–Crippen LogP) is 4.71. The molecule has 0 aliphatic rings. The summed E-state index contributed by atoms with van der Waals surface area (Å²) in [5, 5.41) is 6.92. The van der Waals surface area contributed by atoms with Crippen molar-refractivity contribution in [1.29, 1.82) is 0 Å². The average Bonchev–Trinajstić information content (AvgIpc) is 2.46. The molecule has 0 spiro atoms. The van der Waals surface area contributed by atoms with Crippen molar-refractivity contribution in [3.8, 4) is 0 Å². The van der Waals surface area contributed by atoms with E-state index < -0.39 is 0 Å². The van der Waals surface area contributed by atoms with Gasteiger partial charge >= 0.3 is 0 Å². The summed E-state index contributed by atoms with van der Waals surface area (Å²) in [7, 11) is 0. The second kappa shape index (κ2) is 7.32. The normalized spacial score (nSPS) is 10.4. The van der Waals surface area contributed by atoms with Gasteiger partial charge in [0.15, 0.2) is 0 Å². The fourth-order valence-electron chi connectivity index (χ4n) is 2.28. The Morgan fingerprint density at radius 2 is 1.86 bits per heavy atom. The molecule has 0 radical (unpaired) electrons. The van der Waals surface area contributed by atoms with Crippen LogP contribution >= 0.6 is 11.6 Å². The number of nitrogens with one attached hydrogen (secondary N) is 2. The van der Waals surface area contributed by atoms with Crippen LogP contribution in [0.15, 0.2) is 36.4 Å². The summed E-state index contributed by atoms with van der Waals surface area (Å²) in [5.74, 6) is -0.000802. The van der Waals surface area contributed by atoms with Crippen LogP contribution in [0.5, 0.6) is 0 Å². The first-order valence-corrected chi connectivity index (χ1v) is 7.71. The van der Waals surface area contributed by atoms with Gasteiger partial charge in [-0.3, -0.25) is 4.79 Å². The van der Waals surface area contributed by atoms with Crippen molar-refractivity contribution >= 4 is 28.9 Å². The third-order valence-corrected chi connectivity index (χ3v) is 4.00. The highest BCUT2D eigenvalue weighted by molar-refractivity contribution is 6.31.